The minimum Gasteiger partial charge on any atom is -0.461 e. The minimum atomic E-state index is -0.342. The number of aryl methyl sites for hydroxylation is 2. The van der Waals surface area contributed by atoms with Gasteiger partial charge in [0, 0.05) is 18.5 Å². The number of carbonyl (C=O) groups excluding carboxylic acids is 1. The predicted molar refractivity (Wildman–Crippen MR) is 103 cm³/mol. The van der Waals surface area contributed by atoms with Gasteiger partial charge in [0.15, 0.2) is 0 Å². The molecule has 0 fully saturated rings. The van der Waals surface area contributed by atoms with Crippen LogP contribution >= 0.6 is 0 Å². The monoisotopic (exact) mass is 362 g/mol. The molecule has 0 atom stereocenters. The van der Waals surface area contributed by atoms with Crippen LogP contribution in [0, 0.1) is 6.92 Å². The lowest BCUT2D eigenvalue weighted by molar-refractivity contribution is -0.144. The molecule has 0 spiro atoms. The summed E-state index contributed by atoms with van der Waals surface area (Å²) in [5, 5.41) is 0. The fraction of sp³-hybridized carbons (Fsp3) is 0.227. The number of esters is 1. The number of aromatic amines is 1. The first-order valence-corrected chi connectivity index (χ1v) is 8.94. The number of rotatable bonds is 7. The fourth-order valence-corrected chi connectivity index (χ4v) is 2.79. The summed E-state index contributed by atoms with van der Waals surface area (Å²) in [7, 11) is 0. The molecule has 3 aromatic rings. The molecule has 1 aromatic heterocycles. The summed E-state index contributed by atoms with van der Waals surface area (Å²) >= 11 is 0. The van der Waals surface area contributed by atoms with E-state index in [0.29, 0.717) is 12.1 Å². The number of aromatic nitrogens is 2. The molecule has 0 unspecified atom stereocenters. The third-order valence-corrected chi connectivity index (χ3v) is 4.30. The van der Waals surface area contributed by atoms with Crippen LogP contribution in [0.5, 0.6) is 0 Å². The first-order valence-electron chi connectivity index (χ1n) is 8.94. The molecule has 27 heavy (non-hydrogen) atoms. The van der Waals surface area contributed by atoms with Crippen LogP contribution in [0.3, 0.4) is 0 Å². The zero-order chi connectivity index (χ0) is 19.1. The van der Waals surface area contributed by atoms with Gasteiger partial charge in [-0.15, -0.1) is 0 Å². The van der Waals surface area contributed by atoms with Crippen molar-refractivity contribution in [2.45, 2.75) is 32.8 Å². The molecule has 0 bridgehead atoms. The topological polar surface area (TPSA) is 72.0 Å². The number of nitrogens with zero attached hydrogens (tertiary/aromatic N) is 1. The normalized spacial score (nSPS) is 10.6. The lowest BCUT2D eigenvalue weighted by atomic mass is 10.1. The Morgan fingerprint density at radius 3 is 2.30 bits per heavy atom. The van der Waals surface area contributed by atoms with E-state index in [4.69, 9.17) is 4.74 Å². The number of nitrogens with one attached hydrogen (secondary N) is 1. The van der Waals surface area contributed by atoms with Crippen molar-refractivity contribution >= 4 is 5.97 Å². The van der Waals surface area contributed by atoms with Gasteiger partial charge >= 0.3 is 5.97 Å². The molecule has 138 valence electrons. The third kappa shape index (κ3) is 5.38. The third-order valence-electron chi connectivity index (χ3n) is 4.30. The Morgan fingerprint density at radius 1 is 1.00 bits per heavy atom. The summed E-state index contributed by atoms with van der Waals surface area (Å²) < 4.78 is 5.24. The molecule has 0 saturated carbocycles. The highest BCUT2D eigenvalue weighted by Gasteiger charge is 2.11. The lowest BCUT2D eigenvalue weighted by Gasteiger charge is -2.08. The Bertz CT molecular complexity index is 950. The average molecular weight is 362 g/mol. The zero-order valence-electron chi connectivity index (χ0n) is 15.3. The number of hydrogen-bond acceptors (Lipinski definition) is 4. The molecular formula is C22H22N2O3. The smallest absolute Gasteiger partial charge is 0.306 e. The van der Waals surface area contributed by atoms with Crippen molar-refractivity contribution in [1.82, 2.24) is 9.97 Å². The van der Waals surface area contributed by atoms with Crippen LogP contribution in [-0.2, 0) is 29.0 Å². The van der Waals surface area contributed by atoms with Gasteiger partial charge in [-0.3, -0.25) is 14.6 Å². The average Bonchev–Trinajstić information content (AvgIpc) is 2.69. The van der Waals surface area contributed by atoms with Crippen molar-refractivity contribution in [2.75, 3.05) is 0 Å². The van der Waals surface area contributed by atoms with Crippen LogP contribution in [0.15, 0.2) is 65.5 Å². The maximum atomic E-state index is 12.3. The molecule has 0 amide bonds. The van der Waals surface area contributed by atoms with Crippen molar-refractivity contribution in [3.05, 3.63) is 99.2 Å². The van der Waals surface area contributed by atoms with E-state index in [9.17, 15) is 9.59 Å². The second-order valence-electron chi connectivity index (χ2n) is 6.39. The van der Waals surface area contributed by atoms with Crippen LogP contribution in [0.25, 0.3) is 0 Å². The minimum absolute atomic E-state index is 0.125. The molecule has 5 heteroatoms. The Kier molecular flexibility index (Phi) is 6.15. The van der Waals surface area contributed by atoms with Crippen LogP contribution in [0.2, 0.25) is 0 Å². The van der Waals surface area contributed by atoms with Gasteiger partial charge in [0.2, 0.25) is 0 Å². The number of ether oxygens (including phenoxy) is 1. The van der Waals surface area contributed by atoms with Gasteiger partial charge < -0.3 is 9.72 Å². The molecule has 0 aliphatic rings. The zero-order valence-corrected chi connectivity index (χ0v) is 15.3. The van der Waals surface area contributed by atoms with Crippen molar-refractivity contribution in [3.63, 3.8) is 0 Å². The largest absolute Gasteiger partial charge is 0.461 e. The van der Waals surface area contributed by atoms with Gasteiger partial charge in [-0.1, -0.05) is 60.7 Å². The maximum Gasteiger partial charge on any atom is 0.306 e. The predicted octanol–water partition coefficient (Wildman–Crippen LogP) is 3.35. The van der Waals surface area contributed by atoms with Gasteiger partial charge in [0.25, 0.3) is 5.56 Å². The van der Waals surface area contributed by atoms with E-state index in [-0.39, 0.29) is 31.0 Å². The molecule has 0 aliphatic carbocycles. The quantitative estimate of drug-likeness (QED) is 0.654. The molecular weight excluding hydrogens is 340 g/mol. The van der Waals surface area contributed by atoms with Crippen molar-refractivity contribution in [2.24, 2.45) is 0 Å². The first kappa shape index (κ1) is 18.6. The van der Waals surface area contributed by atoms with Crippen LogP contribution in [0.1, 0.15) is 34.6 Å². The molecule has 0 saturated heterocycles. The SMILES string of the molecule is Cc1nc(CCC(=O)OCc2ccccc2)c(=O)[nH]c1Cc1ccccc1. The second-order valence-corrected chi connectivity index (χ2v) is 6.39. The molecule has 0 radical (unpaired) electrons. The van der Waals surface area contributed by atoms with Crippen LogP contribution < -0.4 is 5.56 Å². The van der Waals surface area contributed by atoms with Gasteiger partial charge in [-0.05, 0) is 18.1 Å². The maximum absolute atomic E-state index is 12.3. The molecule has 5 nitrogen and oxygen atoms in total. The van der Waals surface area contributed by atoms with Gasteiger partial charge in [0.05, 0.1) is 12.1 Å². The fourth-order valence-electron chi connectivity index (χ4n) is 2.79. The van der Waals surface area contributed by atoms with Crippen molar-refractivity contribution in [1.29, 1.82) is 0 Å². The van der Waals surface area contributed by atoms with Gasteiger partial charge in [-0.2, -0.15) is 0 Å². The molecule has 1 N–H and O–H groups in total. The highest BCUT2D eigenvalue weighted by Crippen LogP contribution is 2.10. The lowest BCUT2D eigenvalue weighted by Crippen LogP contribution is -2.20. The van der Waals surface area contributed by atoms with E-state index in [2.05, 4.69) is 9.97 Å². The number of carbonyl (C=O) groups is 1. The number of benzene rings is 2. The van der Waals surface area contributed by atoms with E-state index in [1.54, 1.807) is 0 Å². The molecule has 0 aliphatic heterocycles. The molecule has 1 heterocycles. The van der Waals surface area contributed by atoms with Crippen LogP contribution in [-0.4, -0.2) is 15.9 Å². The van der Waals surface area contributed by atoms with E-state index >= 15 is 0 Å². The summed E-state index contributed by atoms with van der Waals surface area (Å²) in [4.78, 5) is 31.5. The van der Waals surface area contributed by atoms with Crippen molar-refractivity contribution in [3.8, 4) is 0 Å². The summed E-state index contributed by atoms with van der Waals surface area (Å²) in [5.41, 5.74) is 3.72. The summed E-state index contributed by atoms with van der Waals surface area (Å²) in [6.45, 7) is 2.10. The number of H-pyrrole nitrogens is 1. The van der Waals surface area contributed by atoms with E-state index < -0.39 is 0 Å². The highest BCUT2D eigenvalue weighted by molar-refractivity contribution is 5.69. The number of hydrogen-bond donors (Lipinski definition) is 1. The Labute approximate surface area is 158 Å². The van der Waals surface area contributed by atoms with Gasteiger partial charge in [-0.25, -0.2) is 0 Å². The van der Waals surface area contributed by atoms with Gasteiger partial charge in [0.1, 0.15) is 12.3 Å². The van der Waals surface area contributed by atoms with E-state index in [0.717, 1.165) is 22.5 Å². The van der Waals surface area contributed by atoms with E-state index in [1.807, 2.05) is 67.6 Å². The standard InChI is InChI=1S/C22H22N2O3/c1-16-20(14-17-8-4-2-5-9-17)24-22(26)19(23-16)12-13-21(25)27-15-18-10-6-3-7-11-18/h2-11H,12-15H2,1H3,(H,24,26). The summed E-state index contributed by atoms with van der Waals surface area (Å²) in [6.07, 6.45) is 1.00. The molecule has 3 rings (SSSR count). The summed E-state index contributed by atoms with van der Waals surface area (Å²) in [6, 6.07) is 19.4. The molecule has 2 aromatic carbocycles. The summed E-state index contributed by atoms with van der Waals surface area (Å²) in [5.74, 6) is -0.342. The second kappa shape index (κ2) is 8.94. The first-order chi connectivity index (χ1) is 13.1. The highest BCUT2D eigenvalue weighted by atomic mass is 16.5. The Morgan fingerprint density at radius 2 is 1.63 bits per heavy atom. The van der Waals surface area contributed by atoms with E-state index in [1.165, 1.54) is 0 Å². The Balaban J connectivity index is 1.58. The van der Waals surface area contributed by atoms with Crippen LogP contribution in [0.4, 0.5) is 0 Å². The Hall–Kier alpha value is -3.21. The van der Waals surface area contributed by atoms with Crippen molar-refractivity contribution < 1.29 is 9.53 Å².